The minimum atomic E-state index is -0.567. The summed E-state index contributed by atoms with van der Waals surface area (Å²) in [6.07, 6.45) is 3.38. The lowest BCUT2D eigenvalue weighted by molar-refractivity contribution is -0.118. The molecule has 8 heteroatoms. The van der Waals surface area contributed by atoms with Gasteiger partial charge in [-0.1, -0.05) is 12.1 Å². The smallest absolute Gasteiger partial charge is 0.141 e. The van der Waals surface area contributed by atoms with Gasteiger partial charge in [0, 0.05) is 13.1 Å². The van der Waals surface area contributed by atoms with Crippen LogP contribution >= 0.6 is 0 Å². The summed E-state index contributed by atoms with van der Waals surface area (Å²) in [5.41, 5.74) is 2.92. The minimum Gasteiger partial charge on any atom is -0.372 e. The summed E-state index contributed by atoms with van der Waals surface area (Å²) in [6.45, 7) is 2.23. The van der Waals surface area contributed by atoms with Crippen LogP contribution in [0.1, 0.15) is 46.4 Å². The molecule has 6 unspecified atom stereocenters. The average Bonchev–Trinajstić information content (AvgIpc) is 3.61. The molecule has 1 aromatic rings. The second-order valence-corrected chi connectivity index (χ2v) is 7.74. The molecule has 0 N–H and O–H groups in total. The van der Waals surface area contributed by atoms with Crippen molar-refractivity contribution in [2.24, 2.45) is 0 Å². The van der Waals surface area contributed by atoms with Crippen LogP contribution in [0.2, 0.25) is 0 Å². The first-order valence-electron chi connectivity index (χ1n) is 9.43. The molecule has 1 aromatic carbocycles. The van der Waals surface area contributed by atoms with Crippen LogP contribution in [0, 0.1) is 0 Å². The van der Waals surface area contributed by atoms with Gasteiger partial charge in [0.2, 0.25) is 0 Å². The van der Waals surface area contributed by atoms with Gasteiger partial charge in [-0.15, -0.1) is 0 Å². The van der Waals surface area contributed by atoms with Crippen LogP contribution in [0.3, 0.4) is 0 Å². The summed E-state index contributed by atoms with van der Waals surface area (Å²) < 4.78 is 10.6. The van der Waals surface area contributed by atoms with Gasteiger partial charge >= 0.3 is 0 Å². The molecule has 0 saturated carbocycles. The van der Waals surface area contributed by atoms with Crippen molar-refractivity contribution in [2.75, 3.05) is 26.3 Å². The Balaban J connectivity index is 1.58. The number of rotatable bonds is 8. The predicted octanol–water partition coefficient (Wildman–Crippen LogP) is 0.0754. The Bertz CT molecular complexity index is 729. The molecule has 4 aliphatic rings. The van der Waals surface area contributed by atoms with Crippen LogP contribution in [0.5, 0.6) is 0 Å². The largest absolute Gasteiger partial charge is 0.372 e. The second-order valence-electron chi connectivity index (χ2n) is 7.74. The number of ether oxygens (including phenoxy) is 2. The molecule has 2 fully saturated rings. The summed E-state index contributed by atoms with van der Waals surface area (Å²) in [6, 6.07) is 1.39. The van der Waals surface area contributed by atoms with Crippen LogP contribution in [0.15, 0.2) is 12.1 Å². The normalized spacial score (nSPS) is 35.9. The number of carbonyl (C=O) groups excluding carboxylic acids is 4. The molecular formula is C20H20N2O6. The van der Waals surface area contributed by atoms with E-state index < -0.39 is 24.2 Å². The molecule has 6 atom stereocenters. The molecule has 0 aromatic heterocycles. The third kappa shape index (κ3) is 2.68. The standard InChI is InChI=1S/C20H20N2O6/c23-5-17-13-1-14-16(2-15(13)19(7-25)21(17)3-11-9-27-11)20(8-26)22(18(14)6-24)4-12-10-28-12/h1-2,5-8,11-12,17-20H,3-4,9-10H2. The summed E-state index contributed by atoms with van der Waals surface area (Å²) >= 11 is 0. The minimum absolute atomic E-state index is 0.0329. The zero-order valence-corrected chi connectivity index (χ0v) is 15.1. The fourth-order valence-electron chi connectivity index (χ4n) is 4.63. The van der Waals surface area contributed by atoms with Gasteiger partial charge in [-0.05, 0) is 22.3 Å². The maximum Gasteiger partial charge on any atom is 0.141 e. The van der Waals surface area contributed by atoms with Crippen molar-refractivity contribution in [1.29, 1.82) is 0 Å². The summed E-state index contributed by atoms with van der Waals surface area (Å²) in [5.74, 6) is 0. The molecule has 4 aliphatic heterocycles. The molecule has 0 bridgehead atoms. The first kappa shape index (κ1) is 17.8. The van der Waals surface area contributed by atoms with Gasteiger partial charge in [-0.3, -0.25) is 9.80 Å². The first-order chi connectivity index (χ1) is 13.7. The van der Waals surface area contributed by atoms with Crippen molar-refractivity contribution >= 4 is 25.1 Å². The highest BCUT2D eigenvalue weighted by atomic mass is 16.6. The van der Waals surface area contributed by atoms with Gasteiger partial charge in [-0.25, -0.2) is 0 Å². The summed E-state index contributed by atoms with van der Waals surface area (Å²) in [5, 5.41) is 0. The van der Waals surface area contributed by atoms with E-state index in [1.807, 2.05) is 21.9 Å². The van der Waals surface area contributed by atoms with Gasteiger partial charge in [-0.2, -0.15) is 0 Å². The zero-order chi connectivity index (χ0) is 19.4. The molecule has 0 spiro atoms. The highest BCUT2D eigenvalue weighted by molar-refractivity contribution is 5.78. The van der Waals surface area contributed by atoms with E-state index in [4.69, 9.17) is 9.47 Å². The second kappa shape index (κ2) is 6.66. The lowest BCUT2D eigenvalue weighted by atomic mass is 9.93. The van der Waals surface area contributed by atoms with Crippen molar-refractivity contribution in [2.45, 2.75) is 36.4 Å². The highest BCUT2D eigenvalue weighted by Crippen LogP contribution is 2.48. The van der Waals surface area contributed by atoms with Crippen molar-refractivity contribution in [3.8, 4) is 0 Å². The summed E-state index contributed by atoms with van der Waals surface area (Å²) in [7, 11) is 0. The number of fused-ring (bicyclic) bond motifs is 2. The first-order valence-corrected chi connectivity index (χ1v) is 9.43. The van der Waals surface area contributed by atoms with Gasteiger partial charge in [0.1, 0.15) is 25.1 Å². The van der Waals surface area contributed by atoms with Crippen molar-refractivity contribution < 1.29 is 28.7 Å². The number of epoxide rings is 2. The van der Waals surface area contributed by atoms with Crippen LogP contribution < -0.4 is 0 Å². The van der Waals surface area contributed by atoms with E-state index in [9.17, 15) is 19.2 Å². The highest BCUT2D eigenvalue weighted by Gasteiger charge is 2.46. The third-order valence-electron chi connectivity index (χ3n) is 6.14. The molecule has 8 nitrogen and oxygen atoms in total. The zero-order valence-electron chi connectivity index (χ0n) is 15.1. The Hall–Kier alpha value is -2.26. The SMILES string of the molecule is O=CC1c2cc3c(cc2C(C=O)N1CC1CO1)C(C=O)N(CC1CO1)C3C=O. The number of hydrogen-bond donors (Lipinski definition) is 0. The van der Waals surface area contributed by atoms with E-state index in [0.717, 1.165) is 47.4 Å². The Labute approximate surface area is 161 Å². The van der Waals surface area contributed by atoms with Gasteiger partial charge in [0.15, 0.2) is 0 Å². The maximum absolute atomic E-state index is 11.9. The van der Waals surface area contributed by atoms with E-state index in [2.05, 4.69) is 0 Å². The molecule has 146 valence electrons. The van der Waals surface area contributed by atoms with Crippen molar-refractivity contribution in [3.63, 3.8) is 0 Å². The Morgan fingerprint density at radius 3 is 1.18 bits per heavy atom. The van der Waals surface area contributed by atoms with Crippen LogP contribution in [-0.2, 0) is 28.7 Å². The third-order valence-corrected chi connectivity index (χ3v) is 6.14. The van der Waals surface area contributed by atoms with Crippen LogP contribution in [0.25, 0.3) is 0 Å². The number of nitrogens with zero attached hydrogens (tertiary/aromatic N) is 2. The lowest BCUT2D eigenvalue weighted by Crippen LogP contribution is -2.32. The number of hydrogen-bond acceptors (Lipinski definition) is 8. The number of aldehydes is 4. The molecule has 0 aliphatic carbocycles. The van der Waals surface area contributed by atoms with Crippen molar-refractivity contribution in [1.82, 2.24) is 9.80 Å². The van der Waals surface area contributed by atoms with Crippen LogP contribution in [-0.4, -0.2) is 73.5 Å². The van der Waals surface area contributed by atoms with Gasteiger partial charge < -0.3 is 28.7 Å². The fraction of sp³-hybridized carbons (Fsp3) is 0.500. The molecule has 0 radical (unpaired) electrons. The Morgan fingerprint density at radius 2 is 0.964 bits per heavy atom. The quantitative estimate of drug-likeness (QED) is 0.459. The van der Waals surface area contributed by atoms with E-state index in [-0.39, 0.29) is 12.2 Å². The average molecular weight is 384 g/mol. The molecule has 2 saturated heterocycles. The molecule has 0 amide bonds. The molecule has 5 rings (SSSR count). The fourth-order valence-corrected chi connectivity index (χ4v) is 4.63. The number of carbonyl (C=O) groups is 4. The predicted molar refractivity (Wildman–Crippen MR) is 94.6 cm³/mol. The molecular weight excluding hydrogens is 364 g/mol. The summed E-state index contributed by atoms with van der Waals surface area (Å²) in [4.78, 5) is 51.2. The van der Waals surface area contributed by atoms with E-state index in [1.54, 1.807) is 0 Å². The maximum atomic E-state index is 11.9. The monoisotopic (exact) mass is 384 g/mol. The topological polar surface area (TPSA) is 99.8 Å². The Kier molecular flexibility index (Phi) is 4.24. The van der Waals surface area contributed by atoms with E-state index >= 15 is 0 Å². The van der Waals surface area contributed by atoms with Gasteiger partial charge in [0.05, 0.1) is 49.6 Å². The van der Waals surface area contributed by atoms with E-state index in [0.29, 0.717) is 26.3 Å². The van der Waals surface area contributed by atoms with Crippen molar-refractivity contribution in [3.05, 3.63) is 34.4 Å². The molecule has 4 heterocycles. The Morgan fingerprint density at radius 1 is 0.679 bits per heavy atom. The molecule has 28 heavy (non-hydrogen) atoms. The van der Waals surface area contributed by atoms with Crippen LogP contribution in [0.4, 0.5) is 0 Å². The van der Waals surface area contributed by atoms with E-state index in [1.165, 1.54) is 0 Å². The van der Waals surface area contributed by atoms with Gasteiger partial charge in [0.25, 0.3) is 0 Å². The number of benzene rings is 1. The lowest BCUT2D eigenvalue weighted by Gasteiger charge is -2.24.